The van der Waals surface area contributed by atoms with Crippen LogP contribution in [-0.4, -0.2) is 25.5 Å². The van der Waals surface area contributed by atoms with Crippen LogP contribution in [0.5, 0.6) is 0 Å². The average Bonchev–Trinajstić information content (AvgIpc) is 2.58. The summed E-state index contributed by atoms with van der Waals surface area (Å²) in [6.07, 6.45) is 0.381. The monoisotopic (exact) mass is 257 g/mol. The quantitative estimate of drug-likeness (QED) is 0.703. The molecule has 1 heterocycles. The Hall–Kier alpha value is -1.41. The van der Waals surface area contributed by atoms with Crippen LogP contribution in [0, 0.1) is 0 Å². The summed E-state index contributed by atoms with van der Waals surface area (Å²) in [5, 5.41) is 0. The maximum absolute atomic E-state index is 11.4. The Morgan fingerprint density at radius 2 is 1.41 bits per heavy atom. The highest BCUT2D eigenvalue weighted by molar-refractivity contribution is 8.19. The molecule has 6 nitrogen and oxygen atoms in total. The minimum absolute atomic E-state index is 0.0552. The molecule has 0 saturated carbocycles. The van der Waals surface area contributed by atoms with Crippen molar-refractivity contribution in [1.29, 1.82) is 0 Å². The standard InChI is InChI=1S/C10H11NO5S/c12-9-5-6-10(13)11(9)7-1-3-8(4-2-7)17(14,15)16/h1-4,14-16H,5-6H2. The van der Waals surface area contributed by atoms with E-state index in [0.717, 1.165) is 4.90 Å². The van der Waals surface area contributed by atoms with E-state index in [0.29, 0.717) is 5.69 Å². The van der Waals surface area contributed by atoms with Gasteiger partial charge in [-0.15, -0.1) is 0 Å². The van der Waals surface area contributed by atoms with Gasteiger partial charge >= 0.3 is 0 Å². The first kappa shape index (κ1) is 12.1. The fourth-order valence-corrected chi connectivity index (χ4v) is 2.14. The van der Waals surface area contributed by atoms with E-state index in [4.69, 9.17) is 13.7 Å². The van der Waals surface area contributed by atoms with Crippen LogP contribution in [0.1, 0.15) is 12.8 Å². The van der Waals surface area contributed by atoms with E-state index in [1.807, 2.05) is 0 Å². The largest absolute Gasteiger partial charge is 0.304 e. The van der Waals surface area contributed by atoms with Crippen molar-refractivity contribution >= 4 is 28.4 Å². The van der Waals surface area contributed by atoms with Crippen LogP contribution in [0.15, 0.2) is 29.2 Å². The first-order chi connectivity index (χ1) is 7.89. The number of hydrogen-bond donors (Lipinski definition) is 3. The van der Waals surface area contributed by atoms with Crippen molar-refractivity contribution in [3.05, 3.63) is 24.3 Å². The van der Waals surface area contributed by atoms with Gasteiger partial charge in [0.1, 0.15) is 10.9 Å². The summed E-state index contributed by atoms with van der Waals surface area (Å²) in [4.78, 5) is 23.9. The highest BCUT2D eigenvalue weighted by atomic mass is 32.3. The molecule has 2 rings (SSSR count). The summed E-state index contributed by atoms with van der Waals surface area (Å²) in [6, 6.07) is 5.31. The van der Waals surface area contributed by atoms with Crippen molar-refractivity contribution in [1.82, 2.24) is 0 Å². The van der Waals surface area contributed by atoms with E-state index >= 15 is 0 Å². The lowest BCUT2D eigenvalue weighted by atomic mass is 10.3. The second-order valence-electron chi connectivity index (χ2n) is 3.64. The van der Waals surface area contributed by atoms with Gasteiger partial charge in [0, 0.05) is 12.8 Å². The molecule has 1 saturated heterocycles. The first-order valence-electron chi connectivity index (χ1n) is 4.86. The van der Waals surface area contributed by atoms with Crippen molar-refractivity contribution in [2.24, 2.45) is 0 Å². The summed E-state index contributed by atoms with van der Waals surface area (Å²) in [5.41, 5.74) is 0.366. The lowest BCUT2D eigenvalue weighted by Gasteiger charge is -2.20. The number of carbonyl (C=O) groups is 2. The molecule has 1 aromatic carbocycles. The van der Waals surface area contributed by atoms with Gasteiger partial charge < -0.3 is 13.7 Å². The Morgan fingerprint density at radius 3 is 1.82 bits per heavy atom. The number of anilines is 1. The average molecular weight is 257 g/mol. The molecule has 1 aromatic rings. The third kappa shape index (κ3) is 2.32. The summed E-state index contributed by atoms with van der Waals surface area (Å²) < 4.78 is 27.0. The second kappa shape index (κ2) is 4.11. The Morgan fingerprint density at radius 1 is 0.941 bits per heavy atom. The van der Waals surface area contributed by atoms with Gasteiger partial charge in [-0.2, -0.15) is 0 Å². The van der Waals surface area contributed by atoms with Crippen LogP contribution in [0.4, 0.5) is 5.69 Å². The van der Waals surface area contributed by atoms with Crippen LogP contribution in [-0.2, 0) is 9.59 Å². The van der Waals surface area contributed by atoms with Gasteiger partial charge in [-0.05, 0) is 24.3 Å². The smallest absolute Gasteiger partial charge is 0.234 e. The van der Waals surface area contributed by atoms with Crippen molar-refractivity contribution in [3.8, 4) is 0 Å². The molecule has 0 spiro atoms. The second-order valence-corrected chi connectivity index (χ2v) is 5.14. The molecule has 17 heavy (non-hydrogen) atoms. The number of rotatable bonds is 2. The van der Waals surface area contributed by atoms with Gasteiger partial charge in [-0.25, -0.2) is 0 Å². The molecule has 0 atom stereocenters. The summed E-state index contributed by atoms with van der Waals surface area (Å²) in [6.45, 7) is 0. The maximum Gasteiger partial charge on any atom is 0.234 e. The normalized spacial score (nSPS) is 17.7. The predicted molar refractivity (Wildman–Crippen MR) is 61.9 cm³/mol. The van der Waals surface area contributed by atoms with Gasteiger partial charge in [-0.3, -0.25) is 14.5 Å². The minimum Gasteiger partial charge on any atom is -0.304 e. The Balaban J connectivity index is 2.30. The molecule has 0 aromatic heterocycles. The molecule has 2 amide bonds. The first-order valence-corrected chi connectivity index (χ1v) is 6.36. The fraction of sp³-hybridized carbons (Fsp3) is 0.200. The molecule has 92 valence electrons. The van der Waals surface area contributed by atoms with Crippen LogP contribution < -0.4 is 4.90 Å². The minimum atomic E-state index is -3.76. The van der Waals surface area contributed by atoms with Crippen molar-refractivity contribution < 1.29 is 23.2 Å². The summed E-state index contributed by atoms with van der Waals surface area (Å²) in [7, 11) is -3.76. The number of amides is 2. The molecule has 3 N–H and O–H groups in total. The molecule has 0 aliphatic carbocycles. The van der Waals surface area contributed by atoms with Crippen molar-refractivity contribution in [3.63, 3.8) is 0 Å². The summed E-state index contributed by atoms with van der Waals surface area (Å²) in [5.74, 6) is -0.559. The predicted octanol–water partition coefficient (Wildman–Crippen LogP) is 1.92. The SMILES string of the molecule is O=C1CCC(=O)N1c1ccc(S(O)(O)O)cc1. The van der Waals surface area contributed by atoms with Gasteiger partial charge in [0.15, 0.2) is 0 Å². The van der Waals surface area contributed by atoms with Crippen LogP contribution in [0.3, 0.4) is 0 Å². The van der Waals surface area contributed by atoms with Gasteiger partial charge in [0.25, 0.3) is 0 Å². The van der Waals surface area contributed by atoms with E-state index in [1.54, 1.807) is 0 Å². The van der Waals surface area contributed by atoms with Crippen molar-refractivity contribution in [2.45, 2.75) is 17.7 Å². The number of imide groups is 1. The van der Waals surface area contributed by atoms with Gasteiger partial charge in [0.2, 0.25) is 11.8 Å². The third-order valence-electron chi connectivity index (χ3n) is 2.46. The van der Waals surface area contributed by atoms with E-state index in [9.17, 15) is 9.59 Å². The van der Waals surface area contributed by atoms with E-state index < -0.39 is 10.9 Å². The van der Waals surface area contributed by atoms with Crippen LogP contribution in [0.25, 0.3) is 0 Å². The Labute approximate surface area is 99.0 Å². The number of benzene rings is 1. The lowest BCUT2D eigenvalue weighted by molar-refractivity contribution is -0.121. The third-order valence-corrected chi connectivity index (χ3v) is 3.37. The van der Waals surface area contributed by atoms with E-state index in [-0.39, 0.29) is 29.6 Å². The van der Waals surface area contributed by atoms with E-state index in [2.05, 4.69) is 0 Å². The zero-order valence-electron chi connectivity index (χ0n) is 8.74. The molecule has 7 heteroatoms. The lowest BCUT2D eigenvalue weighted by Crippen LogP contribution is -2.28. The molecule has 0 bridgehead atoms. The highest BCUT2D eigenvalue weighted by Gasteiger charge is 2.30. The molecule has 0 radical (unpaired) electrons. The Kier molecular flexibility index (Phi) is 2.92. The fourth-order valence-electron chi connectivity index (χ4n) is 1.64. The Bertz CT molecular complexity index is 449. The molecular weight excluding hydrogens is 246 g/mol. The van der Waals surface area contributed by atoms with Crippen molar-refractivity contribution in [2.75, 3.05) is 4.90 Å². The highest BCUT2D eigenvalue weighted by Crippen LogP contribution is 2.43. The zero-order chi connectivity index (χ0) is 12.6. The van der Waals surface area contributed by atoms with Gasteiger partial charge in [-0.1, -0.05) is 0 Å². The molecular formula is C10H11NO5S. The van der Waals surface area contributed by atoms with Gasteiger partial charge in [0.05, 0.1) is 10.6 Å². The topological polar surface area (TPSA) is 98.1 Å². The maximum atomic E-state index is 11.4. The number of nitrogens with zero attached hydrogens (tertiary/aromatic N) is 1. The molecule has 1 aliphatic heterocycles. The van der Waals surface area contributed by atoms with E-state index in [1.165, 1.54) is 24.3 Å². The van der Waals surface area contributed by atoms with Crippen LogP contribution in [0.2, 0.25) is 0 Å². The molecule has 1 fully saturated rings. The zero-order valence-corrected chi connectivity index (χ0v) is 9.55. The summed E-state index contributed by atoms with van der Waals surface area (Å²) >= 11 is 0. The molecule has 1 aliphatic rings. The number of hydrogen-bond acceptors (Lipinski definition) is 5. The molecule has 0 unspecified atom stereocenters. The number of carbonyl (C=O) groups excluding carboxylic acids is 2. The van der Waals surface area contributed by atoms with Crippen LogP contribution >= 0.6 is 10.9 Å².